The third-order valence-corrected chi connectivity index (χ3v) is 4.19. The van der Waals surface area contributed by atoms with Gasteiger partial charge in [0.2, 0.25) is 0 Å². The summed E-state index contributed by atoms with van der Waals surface area (Å²) in [5, 5.41) is 3.56. The number of pyridine rings is 2. The summed E-state index contributed by atoms with van der Waals surface area (Å²) in [7, 11) is 0. The molecule has 0 saturated heterocycles. The van der Waals surface area contributed by atoms with Gasteiger partial charge in [0.15, 0.2) is 0 Å². The summed E-state index contributed by atoms with van der Waals surface area (Å²) in [5.74, 6) is 0. The van der Waals surface area contributed by atoms with E-state index < -0.39 is 0 Å². The molecule has 2 aromatic rings. The second-order valence-corrected chi connectivity index (χ2v) is 7.27. The Morgan fingerprint density at radius 3 is 2.81 bits per heavy atom. The molecule has 3 nitrogen and oxygen atoms in total. The highest BCUT2D eigenvalue weighted by Crippen LogP contribution is 2.27. The molecule has 2 rings (SSSR count). The standard InChI is InChI=1S/C17H24BrN3/c1-4-5-6-8-17(2,3)12-21-14-7-9-19-15-10-13(18)11-20-16(14)15/h7,9-11H,4-6,8,12H2,1-3H3,(H,19,21). The van der Waals surface area contributed by atoms with Gasteiger partial charge in [0.05, 0.1) is 11.2 Å². The molecule has 0 saturated carbocycles. The van der Waals surface area contributed by atoms with Gasteiger partial charge < -0.3 is 5.32 Å². The molecule has 0 aromatic carbocycles. The quantitative estimate of drug-likeness (QED) is 0.679. The normalized spacial score (nSPS) is 11.8. The van der Waals surface area contributed by atoms with Crippen molar-refractivity contribution in [3.8, 4) is 0 Å². The highest BCUT2D eigenvalue weighted by Gasteiger charge is 2.17. The first-order chi connectivity index (χ1) is 10.0. The topological polar surface area (TPSA) is 37.8 Å². The number of nitrogens with one attached hydrogen (secondary N) is 1. The lowest BCUT2D eigenvalue weighted by atomic mass is 9.87. The van der Waals surface area contributed by atoms with Gasteiger partial charge in [-0.05, 0) is 39.9 Å². The van der Waals surface area contributed by atoms with Gasteiger partial charge in [-0.15, -0.1) is 0 Å². The van der Waals surface area contributed by atoms with E-state index in [1.54, 1.807) is 0 Å². The molecule has 2 aromatic heterocycles. The van der Waals surface area contributed by atoms with Crippen molar-refractivity contribution in [3.63, 3.8) is 0 Å². The third kappa shape index (κ3) is 4.67. The van der Waals surface area contributed by atoms with Crippen molar-refractivity contribution < 1.29 is 0 Å². The van der Waals surface area contributed by atoms with Crippen molar-refractivity contribution in [1.29, 1.82) is 0 Å². The number of hydrogen-bond acceptors (Lipinski definition) is 3. The van der Waals surface area contributed by atoms with Crippen LogP contribution in [-0.2, 0) is 0 Å². The first-order valence-electron chi connectivity index (χ1n) is 7.66. The maximum Gasteiger partial charge on any atom is 0.112 e. The summed E-state index contributed by atoms with van der Waals surface area (Å²) in [6.07, 6.45) is 8.79. The predicted molar refractivity (Wildman–Crippen MR) is 93.7 cm³/mol. The number of fused-ring (bicyclic) bond motifs is 1. The second kappa shape index (κ2) is 7.21. The van der Waals surface area contributed by atoms with Crippen LogP contribution in [-0.4, -0.2) is 16.5 Å². The fourth-order valence-electron chi connectivity index (χ4n) is 2.42. The van der Waals surface area contributed by atoms with Gasteiger partial charge in [-0.25, -0.2) is 0 Å². The minimum absolute atomic E-state index is 0.292. The van der Waals surface area contributed by atoms with Crippen LogP contribution in [0.1, 0.15) is 46.5 Å². The molecule has 1 N–H and O–H groups in total. The van der Waals surface area contributed by atoms with E-state index in [9.17, 15) is 0 Å². The van der Waals surface area contributed by atoms with Crippen LogP contribution in [0, 0.1) is 5.41 Å². The molecule has 0 unspecified atom stereocenters. The lowest BCUT2D eigenvalue weighted by Gasteiger charge is -2.25. The largest absolute Gasteiger partial charge is 0.383 e. The van der Waals surface area contributed by atoms with Gasteiger partial charge in [-0.1, -0.05) is 40.0 Å². The number of anilines is 1. The average molecular weight is 350 g/mol. The zero-order chi connectivity index (χ0) is 15.3. The highest BCUT2D eigenvalue weighted by molar-refractivity contribution is 9.10. The van der Waals surface area contributed by atoms with Crippen LogP contribution in [0.4, 0.5) is 5.69 Å². The molecule has 0 aliphatic carbocycles. The Labute approximate surface area is 135 Å². The van der Waals surface area contributed by atoms with E-state index >= 15 is 0 Å². The van der Waals surface area contributed by atoms with Crippen molar-refractivity contribution in [2.75, 3.05) is 11.9 Å². The summed E-state index contributed by atoms with van der Waals surface area (Å²) in [6, 6.07) is 4.01. The molecule has 0 aliphatic heterocycles. The zero-order valence-corrected chi connectivity index (χ0v) is 14.7. The Morgan fingerprint density at radius 2 is 2.05 bits per heavy atom. The van der Waals surface area contributed by atoms with E-state index in [2.05, 4.69) is 52.0 Å². The van der Waals surface area contributed by atoms with Gasteiger partial charge in [0, 0.05) is 23.4 Å². The predicted octanol–water partition coefficient (Wildman–Crippen LogP) is 5.41. The Bertz CT molecular complexity index is 596. The van der Waals surface area contributed by atoms with Gasteiger partial charge in [0.1, 0.15) is 5.52 Å². The van der Waals surface area contributed by atoms with Crippen molar-refractivity contribution >= 4 is 32.7 Å². The number of aromatic nitrogens is 2. The van der Waals surface area contributed by atoms with Crippen molar-refractivity contribution in [2.24, 2.45) is 5.41 Å². The number of halogens is 1. The molecule has 2 heterocycles. The van der Waals surface area contributed by atoms with Crippen LogP contribution < -0.4 is 5.32 Å². The molecular formula is C17H24BrN3. The van der Waals surface area contributed by atoms with E-state index in [0.29, 0.717) is 5.41 Å². The molecule has 21 heavy (non-hydrogen) atoms. The number of unbranched alkanes of at least 4 members (excludes halogenated alkanes) is 2. The van der Waals surface area contributed by atoms with Gasteiger partial charge >= 0.3 is 0 Å². The third-order valence-electron chi connectivity index (χ3n) is 3.76. The van der Waals surface area contributed by atoms with E-state index in [0.717, 1.165) is 27.7 Å². The van der Waals surface area contributed by atoms with Crippen LogP contribution in [0.15, 0.2) is 29.0 Å². The lowest BCUT2D eigenvalue weighted by molar-refractivity contribution is 0.342. The Kier molecular flexibility index (Phi) is 5.57. The fraction of sp³-hybridized carbons (Fsp3) is 0.529. The van der Waals surface area contributed by atoms with Crippen LogP contribution in [0.25, 0.3) is 11.0 Å². The van der Waals surface area contributed by atoms with Crippen LogP contribution >= 0.6 is 15.9 Å². The summed E-state index contributed by atoms with van der Waals surface area (Å²) >= 11 is 3.44. The van der Waals surface area contributed by atoms with Crippen molar-refractivity contribution in [1.82, 2.24) is 9.97 Å². The van der Waals surface area contributed by atoms with E-state index in [-0.39, 0.29) is 0 Å². The zero-order valence-electron chi connectivity index (χ0n) is 13.1. The van der Waals surface area contributed by atoms with E-state index in [4.69, 9.17) is 0 Å². The summed E-state index contributed by atoms with van der Waals surface area (Å²) < 4.78 is 0.958. The van der Waals surface area contributed by atoms with Gasteiger partial charge in [-0.3, -0.25) is 9.97 Å². The molecule has 0 spiro atoms. The van der Waals surface area contributed by atoms with Crippen LogP contribution in [0.5, 0.6) is 0 Å². The Balaban J connectivity index is 2.06. The molecule has 0 fully saturated rings. The SMILES string of the molecule is CCCCCC(C)(C)CNc1ccnc2cc(Br)cnc12. The average Bonchev–Trinajstić information content (AvgIpc) is 2.45. The number of rotatable bonds is 7. The number of hydrogen-bond donors (Lipinski definition) is 1. The molecule has 0 bridgehead atoms. The maximum absolute atomic E-state index is 4.48. The maximum atomic E-state index is 4.48. The first kappa shape index (κ1) is 16.2. The van der Waals surface area contributed by atoms with Crippen LogP contribution in [0.3, 0.4) is 0 Å². The number of nitrogens with zero attached hydrogens (tertiary/aromatic N) is 2. The monoisotopic (exact) mass is 349 g/mol. The summed E-state index contributed by atoms with van der Waals surface area (Å²) in [4.78, 5) is 8.86. The molecule has 0 amide bonds. The Hall–Kier alpha value is -1.16. The van der Waals surface area contributed by atoms with Crippen molar-refractivity contribution in [3.05, 3.63) is 29.0 Å². The van der Waals surface area contributed by atoms with Gasteiger partial charge in [-0.2, -0.15) is 0 Å². The van der Waals surface area contributed by atoms with Gasteiger partial charge in [0.25, 0.3) is 0 Å². The summed E-state index contributed by atoms with van der Waals surface area (Å²) in [6.45, 7) is 7.85. The molecule has 114 valence electrons. The Morgan fingerprint density at radius 1 is 1.24 bits per heavy atom. The lowest BCUT2D eigenvalue weighted by Crippen LogP contribution is -2.23. The highest BCUT2D eigenvalue weighted by atomic mass is 79.9. The fourth-order valence-corrected chi connectivity index (χ4v) is 2.74. The molecular weight excluding hydrogens is 326 g/mol. The molecule has 0 radical (unpaired) electrons. The first-order valence-corrected chi connectivity index (χ1v) is 8.45. The van der Waals surface area contributed by atoms with Crippen molar-refractivity contribution in [2.45, 2.75) is 46.5 Å². The second-order valence-electron chi connectivity index (χ2n) is 6.35. The summed E-state index contributed by atoms with van der Waals surface area (Å²) in [5.41, 5.74) is 3.21. The minimum atomic E-state index is 0.292. The smallest absolute Gasteiger partial charge is 0.112 e. The van der Waals surface area contributed by atoms with Crippen LogP contribution in [0.2, 0.25) is 0 Å². The minimum Gasteiger partial charge on any atom is -0.383 e. The van der Waals surface area contributed by atoms with E-state index in [1.807, 2.05) is 24.5 Å². The molecule has 0 atom stereocenters. The molecule has 0 aliphatic rings. The van der Waals surface area contributed by atoms with E-state index in [1.165, 1.54) is 25.7 Å². The molecule has 4 heteroatoms.